The van der Waals surface area contributed by atoms with E-state index in [2.05, 4.69) is 6.92 Å². The number of Topliss-reactive ketones (excluding diaryl/α,β-unsaturated/α-hetero) is 1. The van der Waals surface area contributed by atoms with Crippen LogP contribution in [0, 0.1) is 11.8 Å². The maximum Gasteiger partial charge on any atom is 0.139 e. The number of carbonyl (C=O) groups is 1. The van der Waals surface area contributed by atoms with Crippen molar-refractivity contribution in [1.82, 2.24) is 0 Å². The van der Waals surface area contributed by atoms with E-state index in [0.717, 1.165) is 32.1 Å². The van der Waals surface area contributed by atoms with Gasteiger partial charge in [-0.15, -0.1) is 0 Å². The van der Waals surface area contributed by atoms with E-state index in [4.69, 9.17) is 0 Å². The lowest BCUT2D eigenvalue weighted by Gasteiger charge is -2.16. The molecule has 1 aliphatic rings. The molecular formula is C15H26O3. The van der Waals surface area contributed by atoms with E-state index in [1.54, 1.807) is 6.08 Å². The van der Waals surface area contributed by atoms with Gasteiger partial charge in [-0.1, -0.05) is 45.3 Å². The summed E-state index contributed by atoms with van der Waals surface area (Å²) >= 11 is 0. The number of hydrogen-bond donors (Lipinski definition) is 2. The van der Waals surface area contributed by atoms with E-state index in [0.29, 0.717) is 0 Å². The molecule has 0 aromatic carbocycles. The number of hydrogen-bond acceptors (Lipinski definition) is 3. The zero-order chi connectivity index (χ0) is 13.5. The second-order valence-corrected chi connectivity index (χ2v) is 5.28. The van der Waals surface area contributed by atoms with Gasteiger partial charge in [0.05, 0.1) is 12.2 Å². The van der Waals surface area contributed by atoms with Crippen LogP contribution in [-0.4, -0.2) is 28.2 Å². The molecule has 1 rings (SSSR count). The summed E-state index contributed by atoms with van der Waals surface area (Å²) in [6.07, 6.45) is 7.67. The highest BCUT2D eigenvalue weighted by Gasteiger charge is 2.38. The van der Waals surface area contributed by atoms with Crippen LogP contribution in [0.3, 0.4) is 0 Å². The van der Waals surface area contributed by atoms with Gasteiger partial charge in [-0.05, 0) is 12.8 Å². The topological polar surface area (TPSA) is 57.5 Å². The second kappa shape index (κ2) is 7.70. The fourth-order valence-electron chi connectivity index (χ4n) is 2.69. The predicted octanol–water partition coefficient (Wildman–Crippen LogP) is 2.46. The first-order valence-electron chi connectivity index (χ1n) is 7.17. The number of unbranched alkanes of at least 4 members (excludes halogenated alkanes) is 2. The van der Waals surface area contributed by atoms with E-state index in [9.17, 15) is 15.0 Å². The van der Waals surface area contributed by atoms with Gasteiger partial charge in [0.25, 0.3) is 0 Å². The van der Waals surface area contributed by atoms with Crippen LogP contribution >= 0.6 is 0 Å². The third-order valence-corrected chi connectivity index (χ3v) is 3.83. The first-order valence-corrected chi connectivity index (χ1v) is 7.17. The van der Waals surface area contributed by atoms with E-state index in [1.165, 1.54) is 0 Å². The summed E-state index contributed by atoms with van der Waals surface area (Å²) in [6, 6.07) is 0. The number of aliphatic hydroxyl groups excluding tert-OH is 2. The van der Waals surface area contributed by atoms with Crippen LogP contribution in [0.4, 0.5) is 0 Å². The summed E-state index contributed by atoms with van der Waals surface area (Å²) in [5.74, 6) is -0.0254. The normalized spacial score (nSPS) is 30.2. The zero-order valence-corrected chi connectivity index (χ0v) is 11.5. The Labute approximate surface area is 110 Å². The van der Waals surface area contributed by atoms with Crippen molar-refractivity contribution in [3.63, 3.8) is 0 Å². The van der Waals surface area contributed by atoms with Crippen molar-refractivity contribution in [1.29, 1.82) is 0 Å². The molecule has 0 bridgehead atoms. The van der Waals surface area contributed by atoms with E-state index in [1.807, 2.05) is 13.0 Å². The van der Waals surface area contributed by atoms with Gasteiger partial charge in [0.1, 0.15) is 5.78 Å². The Morgan fingerprint density at radius 3 is 2.72 bits per heavy atom. The molecule has 0 heterocycles. The third-order valence-electron chi connectivity index (χ3n) is 3.83. The molecule has 0 aromatic rings. The molecule has 18 heavy (non-hydrogen) atoms. The minimum absolute atomic E-state index is 0.0703. The minimum atomic E-state index is -0.568. The maximum atomic E-state index is 11.6. The Bertz CT molecular complexity index is 285. The van der Waals surface area contributed by atoms with E-state index >= 15 is 0 Å². The molecule has 3 nitrogen and oxygen atoms in total. The Kier molecular flexibility index (Phi) is 6.58. The Hall–Kier alpha value is -0.670. The Balaban J connectivity index is 2.46. The van der Waals surface area contributed by atoms with Gasteiger partial charge in [0.15, 0.2) is 0 Å². The molecule has 0 aliphatic heterocycles. The number of aliphatic hydroxyl groups is 2. The molecule has 0 spiro atoms. The summed E-state index contributed by atoms with van der Waals surface area (Å²) in [5.41, 5.74) is 0. The lowest BCUT2D eigenvalue weighted by molar-refractivity contribution is -0.121. The molecule has 1 saturated carbocycles. The van der Waals surface area contributed by atoms with Gasteiger partial charge in [-0.3, -0.25) is 4.79 Å². The highest BCUT2D eigenvalue weighted by molar-refractivity contribution is 5.84. The molecule has 1 aliphatic carbocycles. The van der Waals surface area contributed by atoms with Crippen LogP contribution in [0.5, 0.6) is 0 Å². The Morgan fingerprint density at radius 1 is 1.39 bits per heavy atom. The van der Waals surface area contributed by atoms with Crippen molar-refractivity contribution < 1.29 is 15.0 Å². The molecule has 104 valence electrons. The lowest BCUT2D eigenvalue weighted by atomic mass is 9.91. The van der Waals surface area contributed by atoms with Crippen molar-refractivity contribution in [2.24, 2.45) is 11.8 Å². The van der Waals surface area contributed by atoms with Crippen molar-refractivity contribution in [3.8, 4) is 0 Å². The fourth-order valence-corrected chi connectivity index (χ4v) is 2.69. The highest BCUT2D eigenvalue weighted by atomic mass is 16.3. The largest absolute Gasteiger partial charge is 0.392 e. The molecule has 3 heteroatoms. The minimum Gasteiger partial charge on any atom is -0.392 e. The van der Waals surface area contributed by atoms with Crippen LogP contribution in [0.1, 0.15) is 52.4 Å². The molecule has 4 atom stereocenters. The van der Waals surface area contributed by atoms with E-state index < -0.39 is 12.2 Å². The number of rotatable bonds is 7. The van der Waals surface area contributed by atoms with Gasteiger partial charge >= 0.3 is 0 Å². The fraction of sp³-hybridized carbons (Fsp3) is 0.800. The molecular weight excluding hydrogens is 228 g/mol. The van der Waals surface area contributed by atoms with Crippen LogP contribution in [0.2, 0.25) is 0 Å². The molecule has 0 saturated heterocycles. The summed E-state index contributed by atoms with van der Waals surface area (Å²) in [4.78, 5) is 11.6. The first-order chi connectivity index (χ1) is 8.60. The van der Waals surface area contributed by atoms with Crippen molar-refractivity contribution in [2.75, 3.05) is 0 Å². The predicted molar refractivity (Wildman–Crippen MR) is 72.2 cm³/mol. The van der Waals surface area contributed by atoms with Crippen molar-refractivity contribution in [2.45, 2.75) is 64.6 Å². The average molecular weight is 254 g/mol. The van der Waals surface area contributed by atoms with Gasteiger partial charge in [0, 0.05) is 18.3 Å². The van der Waals surface area contributed by atoms with Crippen molar-refractivity contribution in [3.05, 3.63) is 12.2 Å². The van der Waals surface area contributed by atoms with Crippen LogP contribution in [0.25, 0.3) is 0 Å². The summed E-state index contributed by atoms with van der Waals surface area (Å²) in [6.45, 7) is 4.10. The third kappa shape index (κ3) is 4.21. The molecule has 1 fully saturated rings. The molecule has 0 radical (unpaired) electrons. The van der Waals surface area contributed by atoms with Gasteiger partial charge in [-0.2, -0.15) is 0 Å². The number of carbonyl (C=O) groups excluding carboxylic acids is 1. The number of ketones is 1. The zero-order valence-electron chi connectivity index (χ0n) is 11.5. The van der Waals surface area contributed by atoms with Crippen LogP contribution in [-0.2, 0) is 4.79 Å². The van der Waals surface area contributed by atoms with Gasteiger partial charge < -0.3 is 10.2 Å². The van der Waals surface area contributed by atoms with E-state index in [-0.39, 0.29) is 24.0 Å². The second-order valence-electron chi connectivity index (χ2n) is 5.28. The quantitative estimate of drug-likeness (QED) is 0.542. The average Bonchev–Trinajstić information content (AvgIpc) is 2.61. The maximum absolute atomic E-state index is 11.6. The summed E-state index contributed by atoms with van der Waals surface area (Å²) < 4.78 is 0. The molecule has 0 unspecified atom stereocenters. The monoisotopic (exact) mass is 254 g/mol. The first kappa shape index (κ1) is 15.4. The molecule has 2 N–H and O–H groups in total. The summed E-state index contributed by atoms with van der Waals surface area (Å²) in [5, 5.41) is 19.6. The van der Waals surface area contributed by atoms with Gasteiger partial charge in [-0.25, -0.2) is 0 Å². The highest BCUT2D eigenvalue weighted by Crippen LogP contribution is 2.32. The van der Waals surface area contributed by atoms with Gasteiger partial charge in [0.2, 0.25) is 0 Å². The van der Waals surface area contributed by atoms with Crippen LogP contribution < -0.4 is 0 Å². The summed E-state index contributed by atoms with van der Waals surface area (Å²) in [7, 11) is 0. The smallest absolute Gasteiger partial charge is 0.139 e. The Morgan fingerprint density at radius 2 is 2.11 bits per heavy atom. The van der Waals surface area contributed by atoms with Crippen LogP contribution in [0.15, 0.2) is 12.2 Å². The SMILES string of the molecule is CCCCC[C@H](O)C=C[C@H]1[C@H](O)CC(=O)[C@@H]1CC. The standard InChI is InChI=1S/C15H26O3/c1-3-5-6-7-11(16)8-9-13-12(4-2)14(17)10-15(13)18/h8-9,11-13,15-16,18H,3-7,10H2,1-2H3/t11-,12+,13+,15+/m0/s1. The van der Waals surface area contributed by atoms with Crippen molar-refractivity contribution >= 4 is 5.78 Å². The molecule has 0 amide bonds. The molecule has 0 aromatic heterocycles. The lowest BCUT2D eigenvalue weighted by Crippen LogP contribution is -2.18.